The minimum atomic E-state index is -0.739. The van der Waals surface area contributed by atoms with Crippen molar-refractivity contribution in [2.45, 2.75) is 31.7 Å². The number of amides is 1. The van der Waals surface area contributed by atoms with Crippen LogP contribution in [0.1, 0.15) is 30.9 Å². The third-order valence-electron chi connectivity index (χ3n) is 3.67. The molecule has 0 saturated heterocycles. The van der Waals surface area contributed by atoms with E-state index in [1.54, 1.807) is 7.11 Å². The van der Waals surface area contributed by atoms with Crippen molar-refractivity contribution in [2.24, 2.45) is 5.73 Å². The molecule has 2 rings (SSSR count). The Morgan fingerprint density at radius 3 is 2.94 bits per heavy atom. The van der Waals surface area contributed by atoms with Crippen molar-refractivity contribution < 1.29 is 9.53 Å². The highest BCUT2D eigenvalue weighted by Crippen LogP contribution is 2.37. The fourth-order valence-electron chi connectivity index (χ4n) is 2.80. The summed E-state index contributed by atoms with van der Waals surface area (Å²) in [5.41, 5.74) is 7.07. The van der Waals surface area contributed by atoms with Crippen LogP contribution in [0, 0.1) is 0 Å². The fraction of sp³-hybridized carbons (Fsp3) is 0.500. The number of aryl methyl sites for hydroxylation is 1. The number of nitrogens with two attached hydrogens (primary N) is 1. The van der Waals surface area contributed by atoms with Crippen molar-refractivity contribution >= 4 is 5.91 Å². The molecule has 1 aliphatic carbocycles. The number of primary amides is 1. The van der Waals surface area contributed by atoms with E-state index in [4.69, 9.17) is 10.5 Å². The first-order valence-electron chi connectivity index (χ1n) is 6.36. The van der Waals surface area contributed by atoms with Crippen molar-refractivity contribution in [3.8, 4) is 5.75 Å². The van der Waals surface area contributed by atoms with E-state index in [1.807, 2.05) is 25.1 Å². The number of benzene rings is 1. The van der Waals surface area contributed by atoms with Crippen molar-refractivity contribution in [3.05, 3.63) is 29.3 Å². The van der Waals surface area contributed by atoms with Crippen LogP contribution < -0.4 is 15.8 Å². The van der Waals surface area contributed by atoms with E-state index in [9.17, 15) is 4.79 Å². The zero-order valence-corrected chi connectivity index (χ0v) is 11.0. The molecule has 1 aromatic rings. The SMILES string of the molecule is CCNC1(C(N)=O)CCCc2ccc(OC)cc21. The summed E-state index contributed by atoms with van der Waals surface area (Å²) < 4.78 is 5.25. The first-order valence-corrected chi connectivity index (χ1v) is 6.36. The lowest BCUT2D eigenvalue weighted by Gasteiger charge is -2.37. The molecular weight excluding hydrogens is 228 g/mol. The summed E-state index contributed by atoms with van der Waals surface area (Å²) in [6, 6.07) is 5.89. The predicted octanol–water partition coefficient (Wildman–Crippen LogP) is 1.32. The van der Waals surface area contributed by atoms with Crippen molar-refractivity contribution in [1.82, 2.24) is 5.32 Å². The number of nitrogens with one attached hydrogen (secondary N) is 1. The summed E-state index contributed by atoms with van der Waals surface area (Å²) in [7, 11) is 1.63. The molecule has 0 saturated carbocycles. The molecule has 0 aliphatic heterocycles. The maximum absolute atomic E-state index is 11.9. The highest BCUT2D eigenvalue weighted by molar-refractivity contribution is 5.87. The van der Waals surface area contributed by atoms with E-state index < -0.39 is 5.54 Å². The van der Waals surface area contributed by atoms with Gasteiger partial charge in [0.1, 0.15) is 11.3 Å². The Morgan fingerprint density at radius 1 is 1.56 bits per heavy atom. The fourth-order valence-corrected chi connectivity index (χ4v) is 2.80. The lowest BCUT2D eigenvalue weighted by atomic mass is 9.75. The summed E-state index contributed by atoms with van der Waals surface area (Å²) in [4.78, 5) is 11.9. The molecule has 4 heteroatoms. The number of likely N-dealkylation sites (N-methyl/N-ethyl adjacent to an activating group) is 1. The van der Waals surface area contributed by atoms with Crippen LogP contribution in [0.15, 0.2) is 18.2 Å². The number of carbonyl (C=O) groups is 1. The normalized spacial score (nSPS) is 22.3. The number of carbonyl (C=O) groups excluding carboxylic acids is 1. The van der Waals surface area contributed by atoms with E-state index in [2.05, 4.69) is 5.32 Å². The third-order valence-corrected chi connectivity index (χ3v) is 3.67. The Bertz CT molecular complexity index is 459. The van der Waals surface area contributed by atoms with Gasteiger partial charge < -0.3 is 10.5 Å². The molecule has 1 atom stereocenters. The highest BCUT2D eigenvalue weighted by atomic mass is 16.5. The Hall–Kier alpha value is -1.55. The molecule has 0 spiro atoms. The number of methoxy groups -OCH3 is 1. The number of fused-ring (bicyclic) bond motifs is 1. The van der Waals surface area contributed by atoms with Gasteiger partial charge in [-0.3, -0.25) is 10.1 Å². The van der Waals surface area contributed by atoms with Gasteiger partial charge in [0.05, 0.1) is 7.11 Å². The molecular formula is C14H20N2O2. The predicted molar refractivity (Wildman–Crippen MR) is 70.5 cm³/mol. The molecule has 1 aliphatic rings. The molecule has 1 amide bonds. The quantitative estimate of drug-likeness (QED) is 0.844. The van der Waals surface area contributed by atoms with Gasteiger partial charge in [0, 0.05) is 0 Å². The average Bonchev–Trinajstić information content (AvgIpc) is 2.38. The number of rotatable bonds is 4. The van der Waals surface area contributed by atoms with Crippen LogP contribution in [0.2, 0.25) is 0 Å². The summed E-state index contributed by atoms with van der Waals surface area (Å²) in [5.74, 6) is 0.456. The van der Waals surface area contributed by atoms with Gasteiger partial charge >= 0.3 is 0 Å². The maximum Gasteiger partial charge on any atom is 0.242 e. The minimum absolute atomic E-state index is 0.307. The molecule has 0 heterocycles. The minimum Gasteiger partial charge on any atom is -0.497 e. The third kappa shape index (κ3) is 1.97. The second-order valence-electron chi connectivity index (χ2n) is 4.68. The van der Waals surface area contributed by atoms with E-state index in [0.29, 0.717) is 6.54 Å². The Labute approximate surface area is 108 Å². The molecule has 0 aromatic heterocycles. The van der Waals surface area contributed by atoms with Crippen LogP contribution in [-0.2, 0) is 16.8 Å². The van der Waals surface area contributed by atoms with Crippen LogP contribution in [0.4, 0.5) is 0 Å². The second-order valence-corrected chi connectivity index (χ2v) is 4.68. The molecule has 4 nitrogen and oxygen atoms in total. The lowest BCUT2D eigenvalue weighted by molar-refractivity contribution is -0.125. The van der Waals surface area contributed by atoms with Crippen molar-refractivity contribution in [1.29, 1.82) is 0 Å². The smallest absolute Gasteiger partial charge is 0.242 e. The van der Waals surface area contributed by atoms with Gasteiger partial charge in [0.25, 0.3) is 0 Å². The number of hydrogen-bond acceptors (Lipinski definition) is 3. The Kier molecular flexibility index (Phi) is 3.57. The summed E-state index contributed by atoms with van der Waals surface area (Å²) in [6.07, 6.45) is 2.70. The van der Waals surface area contributed by atoms with E-state index >= 15 is 0 Å². The summed E-state index contributed by atoms with van der Waals surface area (Å²) >= 11 is 0. The standard InChI is InChI=1S/C14H20N2O2/c1-3-16-14(13(15)17)8-4-5-10-6-7-11(18-2)9-12(10)14/h6-7,9,16H,3-5,8H2,1-2H3,(H2,15,17). The van der Waals surface area contributed by atoms with Gasteiger partial charge in [-0.05, 0) is 49.1 Å². The van der Waals surface area contributed by atoms with Gasteiger partial charge in [-0.15, -0.1) is 0 Å². The number of ether oxygens (including phenoxy) is 1. The molecule has 1 aromatic carbocycles. The van der Waals surface area contributed by atoms with Crippen molar-refractivity contribution in [3.63, 3.8) is 0 Å². The second kappa shape index (κ2) is 4.98. The van der Waals surface area contributed by atoms with Gasteiger partial charge in [-0.2, -0.15) is 0 Å². The molecule has 1 unspecified atom stereocenters. The van der Waals surface area contributed by atoms with E-state index in [0.717, 1.165) is 30.6 Å². The van der Waals surface area contributed by atoms with Crippen LogP contribution in [-0.4, -0.2) is 19.6 Å². The van der Waals surface area contributed by atoms with Crippen LogP contribution in [0.3, 0.4) is 0 Å². The Morgan fingerprint density at radius 2 is 2.33 bits per heavy atom. The van der Waals surface area contributed by atoms with E-state index in [-0.39, 0.29) is 5.91 Å². The zero-order chi connectivity index (χ0) is 13.2. The first kappa shape index (κ1) is 12.9. The van der Waals surface area contributed by atoms with Gasteiger partial charge in [0.15, 0.2) is 0 Å². The largest absolute Gasteiger partial charge is 0.497 e. The maximum atomic E-state index is 11.9. The molecule has 0 radical (unpaired) electrons. The van der Waals surface area contributed by atoms with Crippen LogP contribution in [0.25, 0.3) is 0 Å². The van der Waals surface area contributed by atoms with Gasteiger partial charge in [-0.1, -0.05) is 13.0 Å². The topological polar surface area (TPSA) is 64.3 Å². The Balaban J connectivity index is 2.55. The summed E-state index contributed by atoms with van der Waals surface area (Å²) in [6.45, 7) is 2.69. The van der Waals surface area contributed by atoms with Gasteiger partial charge in [-0.25, -0.2) is 0 Å². The zero-order valence-electron chi connectivity index (χ0n) is 11.0. The van der Waals surface area contributed by atoms with Gasteiger partial charge in [0.2, 0.25) is 5.91 Å². The molecule has 3 N–H and O–H groups in total. The molecule has 0 fully saturated rings. The molecule has 18 heavy (non-hydrogen) atoms. The van der Waals surface area contributed by atoms with E-state index in [1.165, 1.54) is 5.56 Å². The molecule has 98 valence electrons. The first-order chi connectivity index (χ1) is 8.64. The summed E-state index contributed by atoms with van der Waals surface area (Å²) in [5, 5.41) is 3.27. The highest BCUT2D eigenvalue weighted by Gasteiger charge is 2.41. The average molecular weight is 248 g/mol. The number of hydrogen-bond donors (Lipinski definition) is 2. The molecule has 0 bridgehead atoms. The monoisotopic (exact) mass is 248 g/mol. The van der Waals surface area contributed by atoms with Crippen LogP contribution >= 0.6 is 0 Å². The lowest BCUT2D eigenvalue weighted by Crippen LogP contribution is -2.54. The van der Waals surface area contributed by atoms with Crippen LogP contribution in [0.5, 0.6) is 5.75 Å². The van der Waals surface area contributed by atoms with Crippen molar-refractivity contribution in [2.75, 3.05) is 13.7 Å².